The molecule has 6 heteroatoms. The minimum atomic E-state index is 0.601. The molecular formula is C18H18N6. The van der Waals surface area contributed by atoms with E-state index in [9.17, 15) is 0 Å². The molecule has 0 aromatic carbocycles. The lowest BCUT2D eigenvalue weighted by Crippen LogP contribution is -2.46. The van der Waals surface area contributed by atoms with E-state index in [-0.39, 0.29) is 0 Å². The summed E-state index contributed by atoms with van der Waals surface area (Å²) in [6.07, 6.45) is 5.77. The monoisotopic (exact) mass is 318 g/mol. The molecule has 0 aliphatic carbocycles. The normalized spacial score (nSPS) is 15.5. The van der Waals surface area contributed by atoms with Gasteiger partial charge in [-0.3, -0.25) is 4.90 Å². The molecule has 0 unspecified atom stereocenters. The number of anilines is 1. The molecule has 0 amide bonds. The van der Waals surface area contributed by atoms with Crippen LogP contribution in [0.3, 0.4) is 0 Å². The third-order valence-electron chi connectivity index (χ3n) is 4.37. The first kappa shape index (κ1) is 14.7. The van der Waals surface area contributed by atoms with Gasteiger partial charge in [-0.1, -0.05) is 6.07 Å². The summed E-state index contributed by atoms with van der Waals surface area (Å²) in [6.45, 7) is 4.71. The number of piperazine rings is 1. The second-order valence-corrected chi connectivity index (χ2v) is 5.98. The standard InChI is InChI=1S/C18H18N6/c19-11-15-4-5-17(20-12-15)23-9-7-22(8-10-23)13-16-14-24-6-2-1-3-18(24)21-16/h1-6,12,14H,7-10,13H2. The van der Waals surface area contributed by atoms with Crippen LogP contribution in [0.5, 0.6) is 0 Å². The summed E-state index contributed by atoms with van der Waals surface area (Å²) in [5.74, 6) is 0.946. The van der Waals surface area contributed by atoms with Gasteiger partial charge < -0.3 is 9.30 Å². The van der Waals surface area contributed by atoms with E-state index in [1.165, 1.54) is 0 Å². The Morgan fingerprint density at radius 2 is 1.96 bits per heavy atom. The summed E-state index contributed by atoms with van der Waals surface area (Å²) in [5, 5.41) is 8.85. The number of nitrogens with zero attached hydrogens (tertiary/aromatic N) is 6. The van der Waals surface area contributed by atoms with Crippen LogP contribution in [0.15, 0.2) is 48.9 Å². The number of imidazole rings is 1. The predicted molar refractivity (Wildman–Crippen MR) is 91.6 cm³/mol. The third-order valence-corrected chi connectivity index (χ3v) is 4.37. The lowest BCUT2D eigenvalue weighted by Gasteiger charge is -2.35. The molecular weight excluding hydrogens is 300 g/mol. The maximum Gasteiger partial charge on any atom is 0.137 e. The molecule has 6 nitrogen and oxygen atoms in total. The summed E-state index contributed by atoms with van der Waals surface area (Å²) >= 11 is 0. The molecule has 0 bridgehead atoms. The molecule has 4 heterocycles. The van der Waals surface area contributed by atoms with Crippen LogP contribution in [0.25, 0.3) is 5.65 Å². The molecule has 3 aromatic rings. The van der Waals surface area contributed by atoms with Gasteiger partial charge in [-0.2, -0.15) is 5.26 Å². The molecule has 1 aliphatic rings. The molecule has 1 saturated heterocycles. The number of rotatable bonds is 3. The van der Waals surface area contributed by atoms with E-state index in [4.69, 9.17) is 5.26 Å². The van der Waals surface area contributed by atoms with Gasteiger partial charge in [-0.25, -0.2) is 9.97 Å². The molecule has 3 aromatic heterocycles. The zero-order valence-electron chi connectivity index (χ0n) is 13.3. The largest absolute Gasteiger partial charge is 0.354 e. The Morgan fingerprint density at radius 3 is 2.67 bits per heavy atom. The molecule has 120 valence electrons. The maximum absolute atomic E-state index is 8.85. The van der Waals surface area contributed by atoms with Crippen LogP contribution in [0, 0.1) is 11.3 Å². The smallest absolute Gasteiger partial charge is 0.137 e. The van der Waals surface area contributed by atoms with Crippen molar-refractivity contribution in [2.45, 2.75) is 6.54 Å². The van der Waals surface area contributed by atoms with Crippen LogP contribution in [0.1, 0.15) is 11.3 Å². The quantitative estimate of drug-likeness (QED) is 0.738. The van der Waals surface area contributed by atoms with E-state index in [2.05, 4.69) is 36.4 Å². The van der Waals surface area contributed by atoms with Crippen LogP contribution >= 0.6 is 0 Å². The van der Waals surface area contributed by atoms with Gasteiger partial charge in [0.1, 0.15) is 17.5 Å². The Balaban J connectivity index is 1.38. The second-order valence-electron chi connectivity index (χ2n) is 5.98. The zero-order chi connectivity index (χ0) is 16.4. The topological polar surface area (TPSA) is 60.5 Å². The SMILES string of the molecule is N#Cc1ccc(N2CCN(Cc3cn4ccccc4n3)CC2)nc1. The van der Waals surface area contributed by atoms with Crippen molar-refractivity contribution >= 4 is 11.5 Å². The number of fused-ring (bicyclic) bond motifs is 1. The molecule has 4 rings (SSSR count). The highest BCUT2D eigenvalue weighted by Gasteiger charge is 2.18. The first-order valence-electron chi connectivity index (χ1n) is 8.08. The predicted octanol–water partition coefficient (Wildman–Crippen LogP) is 1.92. The Bertz CT molecular complexity index is 835. The highest BCUT2D eigenvalue weighted by atomic mass is 15.3. The van der Waals surface area contributed by atoms with Gasteiger partial charge >= 0.3 is 0 Å². The maximum atomic E-state index is 8.85. The highest BCUT2D eigenvalue weighted by Crippen LogP contribution is 2.15. The van der Waals surface area contributed by atoms with Crippen molar-refractivity contribution in [1.29, 1.82) is 5.26 Å². The molecule has 0 N–H and O–H groups in total. The number of nitriles is 1. The van der Waals surface area contributed by atoms with Gasteiger partial charge in [0, 0.05) is 51.3 Å². The summed E-state index contributed by atoms with van der Waals surface area (Å²) in [6, 6.07) is 11.9. The summed E-state index contributed by atoms with van der Waals surface area (Å²) in [7, 11) is 0. The van der Waals surface area contributed by atoms with E-state index < -0.39 is 0 Å². The molecule has 0 saturated carbocycles. The van der Waals surface area contributed by atoms with E-state index in [1.807, 2.05) is 36.5 Å². The molecule has 1 aliphatic heterocycles. The van der Waals surface area contributed by atoms with Crippen LogP contribution in [0.2, 0.25) is 0 Å². The molecule has 0 spiro atoms. The molecule has 0 atom stereocenters. The average Bonchev–Trinajstić information content (AvgIpc) is 3.05. The van der Waals surface area contributed by atoms with Gasteiger partial charge in [-0.05, 0) is 24.3 Å². The van der Waals surface area contributed by atoms with Gasteiger partial charge in [0.2, 0.25) is 0 Å². The van der Waals surface area contributed by atoms with E-state index in [0.29, 0.717) is 5.56 Å². The van der Waals surface area contributed by atoms with Gasteiger partial charge in [-0.15, -0.1) is 0 Å². The van der Waals surface area contributed by atoms with Crippen molar-refractivity contribution in [3.8, 4) is 6.07 Å². The highest BCUT2D eigenvalue weighted by molar-refractivity contribution is 5.42. The first-order valence-corrected chi connectivity index (χ1v) is 8.08. The summed E-state index contributed by atoms with van der Waals surface area (Å²) in [4.78, 5) is 13.7. The molecule has 1 fully saturated rings. The van der Waals surface area contributed by atoms with Gasteiger partial charge in [0.15, 0.2) is 0 Å². The average molecular weight is 318 g/mol. The van der Waals surface area contributed by atoms with Gasteiger partial charge in [0.25, 0.3) is 0 Å². The Morgan fingerprint density at radius 1 is 1.08 bits per heavy atom. The van der Waals surface area contributed by atoms with E-state index in [1.54, 1.807) is 6.20 Å². The fraction of sp³-hybridized carbons (Fsp3) is 0.278. The second kappa shape index (κ2) is 6.30. The molecule has 0 radical (unpaired) electrons. The van der Waals surface area contributed by atoms with Crippen LogP contribution in [0.4, 0.5) is 5.82 Å². The number of pyridine rings is 2. The minimum Gasteiger partial charge on any atom is -0.354 e. The van der Waals surface area contributed by atoms with Crippen molar-refractivity contribution in [1.82, 2.24) is 19.3 Å². The Labute approximate surface area is 140 Å². The van der Waals surface area contributed by atoms with Crippen molar-refractivity contribution in [2.24, 2.45) is 0 Å². The fourth-order valence-corrected chi connectivity index (χ4v) is 3.07. The van der Waals surface area contributed by atoms with E-state index in [0.717, 1.165) is 49.9 Å². The number of hydrogen-bond donors (Lipinski definition) is 0. The van der Waals surface area contributed by atoms with Crippen molar-refractivity contribution in [2.75, 3.05) is 31.1 Å². The zero-order valence-corrected chi connectivity index (χ0v) is 13.3. The lowest BCUT2D eigenvalue weighted by molar-refractivity contribution is 0.247. The third kappa shape index (κ3) is 2.94. The minimum absolute atomic E-state index is 0.601. The molecule has 24 heavy (non-hydrogen) atoms. The number of hydrogen-bond acceptors (Lipinski definition) is 5. The van der Waals surface area contributed by atoms with Crippen LogP contribution in [-0.4, -0.2) is 45.4 Å². The van der Waals surface area contributed by atoms with Crippen LogP contribution < -0.4 is 4.90 Å². The fourth-order valence-electron chi connectivity index (χ4n) is 3.07. The summed E-state index contributed by atoms with van der Waals surface area (Å²) in [5.41, 5.74) is 2.70. The Kier molecular flexibility index (Phi) is 3.85. The van der Waals surface area contributed by atoms with Crippen molar-refractivity contribution < 1.29 is 0 Å². The first-order chi connectivity index (χ1) is 11.8. The number of aromatic nitrogens is 3. The summed E-state index contributed by atoms with van der Waals surface area (Å²) < 4.78 is 2.06. The van der Waals surface area contributed by atoms with Crippen LogP contribution in [-0.2, 0) is 6.54 Å². The van der Waals surface area contributed by atoms with Gasteiger partial charge in [0.05, 0.1) is 11.3 Å². The Hall–Kier alpha value is -2.91. The van der Waals surface area contributed by atoms with Crippen molar-refractivity contribution in [3.63, 3.8) is 0 Å². The van der Waals surface area contributed by atoms with Crippen molar-refractivity contribution in [3.05, 3.63) is 60.2 Å². The van der Waals surface area contributed by atoms with E-state index >= 15 is 0 Å². The lowest BCUT2D eigenvalue weighted by atomic mass is 10.2.